The zero-order chi connectivity index (χ0) is 18.0. The van der Waals surface area contributed by atoms with Gasteiger partial charge in [-0.25, -0.2) is 8.42 Å². The molecule has 0 atom stereocenters. The molecule has 3 rings (SSSR count). The van der Waals surface area contributed by atoms with E-state index in [1.54, 1.807) is 29.2 Å². The van der Waals surface area contributed by atoms with Gasteiger partial charge in [-0.05, 0) is 31.2 Å². The van der Waals surface area contributed by atoms with Crippen molar-refractivity contribution in [1.29, 1.82) is 0 Å². The number of sulfonamides is 1. The fraction of sp³-hybridized carbons (Fsp3) is 0.353. The summed E-state index contributed by atoms with van der Waals surface area (Å²) in [4.78, 5) is 16.1. The second-order valence-electron chi connectivity index (χ2n) is 5.76. The first-order chi connectivity index (χ1) is 11.9. The van der Waals surface area contributed by atoms with Gasteiger partial charge in [-0.2, -0.15) is 4.31 Å². The van der Waals surface area contributed by atoms with Gasteiger partial charge in [-0.3, -0.25) is 4.79 Å². The zero-order valence-electron chi connectivity index (χ0n) is 14.1. The highest BCUT2D eigenvalue weighted by atomic mass is 32.2. The zero-order valence-corrected chi connectivity index (χ0v) is 15.8. The van der Waals surface area contributed by atoms with E-state index in [1.807, 2.05) is 19.1 Å². The van der Waals surface area contributed by atoms with Gasteiger partial charge in [0.25, 0.3) is 5.91 Å². The number of rotatable bonds is 4. The molecule has 25 heavy (non-hydrogen) atoms. The molecule has 0 spiro atoms. The van der Waals surface area contributed by atoms with E-state index in [0.29, 0.717) is 23.7 Å². The lowest BCUT2D eigenvalue weighted by Crippen LogP contribution is -2.50. The number of carbonyl (C=O) groups excluding carboxylic acids is 1. The van der Waals surface area contributed by atoms with Crippen LogP contribution >= 0.6 is 11.3 Å². The van der Waals surface area contributed by atoms with Crippen molar-refractivity contribution in [1.82, 2.24) is 9.21 Å². The summed E-state index contributed by atoms with van der Waals surface area (Å²) < 4.78 is 32.3. The Labute approximate surface area is 151 Å². The Kier molecular flexibility index (Phi) is 5.12. The minimum absolute atomic E-state index is 0.0348. The quantitative estimate of drug-likeness (QED) is 0.816. The molecular formula is C17H20N2O4S2. The van der Waals surface area contributed by atoms with Gasteiger partial charge < -0.3 is 9.64 Å². The van der Waals surface area contributed by atoms with Crippen LogP contribution in [0.4, 0.5) is 0 Å². The molecule has 0 N–H and O–H groups in total. The number of amides is 1. The molecule has 1 aromatic carbocycles. The van der Waals surface area contributed by atoms with Crippen molar-refractivity contribution in [3.63, 3.8) is 0 Å². The van der Waals surface area contributed by atoms with Gasteiger partial charge in [-0.15, -0.1) is 11.3 Å². The van der Waals surface area contributed by atoms with E-state index in [-0.39, 0.29) is 23.9 Å². The monoisotopic (exact) mass is 380 g/mol. The van der Waals surface area contributed by atoms with Crippen LogP contribution in [0.1, 0.15) is 14.5 Å². The van der Waals surface area contributed by atoms with Crippen LogP contribution < -0.4 is 4.74 Å². The molecule has 1 aromatic heterocycles. The van der Waals surface area contributed by atoms with Crippen LogP contribution in [0.3, 0.4) is 0 Å². The molecule has 1 fully saturated rings. The lowest BCUT2D eigenvalue weighted by atomic mass is 10.3. The van der Waals surface area contributed by atoms with E-state index in [1.165, 1.54) is 22.8 Å². The summed E-state index contributed by atoms with van der Waals surface area (Å²) in [5.41, 5.74) is 0. The summed E-state index contributed by atoms with van der Waals surface area (Å²) in [6, 6.07) is 10.3. The molecule has 0 saturated carbocycles. The molecule has 6 nitrogen and oxygen atoms in total. The number of carbonyl (C=O) groups is 1. The van der Waals surface area contributed by atoms with E-state index in [9.17, 15) is 13.2 Å². The standard InChI is InChI=1S/C17H20N2O4S2/c1-13-7-8-15(24-13)17(20)18-9-11-19(12-10-18)25(21,22)16-6-4-3-5-14(16)23-2/h3-8H,9-12H2,1-2H3. The van der Waals surface area contributed by atoms with Gasteiger partial charge >= 0.3 is 0 Å². The number of methoxy groups -OCH3 is 1. The average molecular weight is 380 g/mol. The molecule has 0 bridgehead atoms. The number of para-hydroxylation sites is 1. The minimum atomic E-state index is -3.64. The maximum absolute atomic E-state index is 12.9. The fourth-order valence-electron chi connectivity index (χ4n) is 2.81. The number of hydrogen-bond donors (Lipinski definition) is 0. The highest BCUT2D eigenvalue weighted by molar-refractivity contribution is 7.89. The molecule has 1 amide bonds. The molecule has 2 aromatic rings. The lowest BCUT2D eigenvalue weighted by molar-refractivity contribution is 0.0702. The average Bonchev–Trinajstić information content (AvgIpc) is 3.07. The first kappa shape index (κ1) is 17.9. The molecule has 0 radical (unpaired) electrons. The van der Waals surface area contributed by atoms with Crippen LogP contribution in [0.2, 0.25) is 0 Å². The molecule has 1 saturated heterocycles. The Balaban J connectivity index is 1.72. The van der Waals surface area contributed by atoms with Crippen molar-refractivity contribution in [2.24, 2.45) is 0 Å². The number of nitrogens with zero attached hydrogens (tertiary/aromatic N) is 2. The molecule has 0 unspecified atom stereocenters. The van der Waals surface area contributed by atoms with E-state index >= 15 is 0 Å². The summed E-state index contributed by atoms with van der Waals surface area (Å²) in [6.45, 7) is 3.26. The normalized spacial score (nSPS) is 16.0. The van der Waals surface area contributed by atoms with Crippen LogP contribution in [-0.2, 0) is 10.0 Å². The summed E-state index contributed by atoms with van der Waals surface area (Å²) >= 11 is 1.46. The van der Waals surface area contributed by atoms with Gasteiger partial charge in [0.2, 0.25) is 10.0 Å². The summed E-state index contributed by atoms with van der Waals surface area (Å²) in [5.74, 6) is 0.294. The van der Waals surface area contributed by atoms with Gasteiger partial charge in [0, 0.05) is 31.1 Å². The third-order valence-corrected chi connectivity index (χ3v) is 7.09. The minimum Gasteiger partial charge on any atom is -0.495 e. The first-order valence-corrected chi connectivity index (χ1v) is 10.2. The fourth-order valence-corrected chi connectivity index (χ4v) is 5.22. The Morgan fingerprint density at radius 2 is 1.76 bits per heavy atom. The molecule has 8 heteroatoms. The molecule has 2 heterocycles. The predicted molar refractivity (Wildman–Crippen MR) is 96.7 cm³/mol. The van der Waals surface area contributed by atoms with Crippen LogP contribution in [0.15, 0.2) is 41.3 Å². The second-order valence-corrected chi connectivity index (χ2v) is 8.95. The maximum Gasteiger partial charge on any atom is 0.264 e. The first-order valence-electron chi connectivity index (χ1n) is 7.92. The Morgan fingerprint density at radius 3 is 2.36 bits per heavy atom. The number of benzene rings is 1. The number of ether oxygens (including phenoxy) is 1. The van der Waals surface area contributed by atoms with E-state index in [0.717, 1.165) is 4.88 Å². The van der Waals surface area contributed by atoms with Crippen molar-refractivity contribution in [3.05, 3.63) is 46.2 Å². The SMILES string of the molecule is COc1ccccc1S(=O)(=O)N1CCN(C(=O)c2ccc(C)s2)CC1. The van der Waals surface area contributed by atoms with Gasteiger partial charge in [0.1, 0.15) is 10.6 Å². The highest BCUT2D eigenvalue weighted by Crippen LogP contribution is 2.27. The van der Waals surface area contributed by atoms with Crippen molar-refractivity contribution < 1.29 is 17.9 Å². The summed E-state index contributed by atoms with van der Waals surface area (Å²) in [6.07, 6.45) is 0. The van der Waals surface area contributed by atoms with Gasteiger partial charge in [0.05, 0.1) is 12.0 Å². The van der Waals surface area contributed by atoms with E-state index in [2.05, 4.69) is 0 Å². The summed E-state index contributed by atoms with van der Waals surface area (Å²) in [7, 11) is -2.19. The largest absolute Gasteiger partial charge is 0.495 e. The number of piperazine rings is 1. The lowest BCUT2D eigenvalue weighted by Gasteiger charge is -2.34. The highest BCUT2D eigenvalue weighted by Gasteiger charge is 2.32. The van der Waals surface area contributed by atoms with Gasteiger partial charge in [0.15, 0.2) is 0 Å². The number of thiophene rings is 1. The topological polar surface area (TPSA) is 66.9 Å². The van der Waals surface area contributed by atoms with Crippen molar-refractivity contribution in [2.75, 3.05) is 33.3 Å². The molecule has 134 valence electrons. The van der Waals surface area contributed by atoms with Crippen molar-refractivity contribution >= 4 is 27.3 Å². The van der Waals surface area contributed by atoms with Crippen molar-refractivity contribution in [2.45, 2.75) is 11.8 Å². The maximum atomic E-state index is 12.9. The molecule has 0 aliphatic carbocycles. The number of hydrogen-bond acceptors (Lipinski definition) is 5. The smallest absolute Gasteiger partial charge is 0.264 e. The van der Waals surface area contributed by atoms with Crippen LogP contribution in [-0.4, -0.2) is 56.8 Å². The second kappa shape index (κ2) is 7.15. The van der Waals surface area contributed by atoms with Crippen LogP contribution in [0.25, 0.3) is 0 Å². The molecule has 1 aliphatic heterocycles. The van der Waals surface area contributed by atoms with Crippen LogP contribution in [0, 0.1) is 6.92 Å². The van der Waals surface area contributed by atoms with Crippen molar-refractivity contribution in [3.8, 4) is 5.75 Å². The summed E-state index contributed by atoms with van der Waals surface area (Å²) in [5, 5.41) is 0. The Bertz CT molecular complexity index is 868. The Hall–Kier alpha value is -1.90. The van der Waals surface area contributed by atoms with E-state index < -0.39 is 10.0 Å². The Morgan fingerprint density at radius 1 is 1.08 bits per heavy atom. The molecule has 1 aliphatic rings. The third kappa shape index (κ3) is 3.56. The third-order valence-electron chi connectivity index (χ3n) is 4.16. The van der Waals surface area contributed by atoms with E-state index in [4.69, 9.17) is 4.74 Å². The van der Waals surface area contributed by atoms with Gasteiger partial charge in [-0.1, -0.05) is 12.1 Å². The number of aryl methyl sites for hydroxylation is 1. The predicted octanol–water partition coefficient (Wildman–Crippen LogP) is 2.21. The van der Waals surface area contributed by atoms with Crippen LogP contribution in [0.5, 0.6) is 5.75 Å². The molecular weight excluding hydrogens is 360 g/mol.